The van der Waals surface area contributed by atoms with Crippen molar-refractivity contribution in [1.29, 1.82) is 5.26 Å². The van der Waals surface area contributed by atoms with E-state index in [9.17, 15) is 14.9 Å². The molecule has 0 saturated carbocycles. The maximum Gasteiger partial charge on any atom is 0.266 e. The molecule has 0 atom stereocenters. The number of carbonyl (C=O) groups is 2. The standard InChI is InChI=1S/C26H21Cl2N3O4/c1-2-34-20-10-8-19(9-11-20)30-26(33)18(15-29)13-17-7-12-24(22(28)14-17)35-16-25(32)31-23-6-4-3-5-21(23)27/h3-14H,2,16H2,1H3,(H,30,33)(H,31,32)/b18-13+. The van der Waals surface area contributed by atoms with Crippen LogP contribution >= 0.6 is 23.2 Å². The van der Waals surface area contributed by atoms with Crippen LogP contribution in [0.2, 0.25) is 10.0 Å². The summed E-state index contributed by atoms with van der Waals surface area (Å²) in [6, 6.07) is 20.2. The van der Waals surface area contributed by atoms with Gasteiger partial charge in [-0.2, -0.15) is 5.26 Å². The molecule has 0 aliphatic carbocycles. The van der Waals surface area contributed by atoms with Crippen LogP contribution in [0.25, 0.3) is 6.08 Å². The zero-order valence-electron chi connectivity index (χ0n) is 18.7. The molecule has 2 N–H and O–H groups in total. The van der Waals surface area contributed by atoms with Crippen LogP contribution in [0.4, 0.5) is 11.4 Å². The van der Waals surface area contributed by atoms with Crippen molar-refractivity contribution in [1.82, 2.24) is 0 Å². The van der Waals surface area contributed by atoms with Crippen LogP contribution in [-0.2, 0) is 9.59 Å². The molecule has 0 radical (unpaired) electrons. The summed E-state index contributed by atoms with van der Waals surface area (Å²) in [7, 11) is 0. The fourth-order valence-electron chi connectivity index (χ4n) is 2.93. The Morgan fingerprint density at radius 2 is 1.71 bits per heavy atom. The van der Waals surface area contributed by atoms with E-state index in [2.05, 4.69) is 10.6 Å². The number of nitrogens with one attached hydrogen (secondary N) is 2. The molecule has 0 spiro atoms. The molecule has 178 valence electrons. The highest BCUT2D eigenvalue weighted by atomic mass is 35.5. The van der Waals surface area contributed by atoms with Gasteiger partial charge < -0.3 is 20.1 Å². The second-order valence-corrected chi connectivity index (χ2v) is 7.90. The first kappa shape index (κ1) is 25.6. The monoisotopic (exact) mass is 509 g/mol. The number of benzene rings is 3. The summed E-state index contributed by atoms with van der Waals surface area (Å²) < 4.78 is 10.9. The van der Waals surface area contributed by atoms with Gasteiger partial charge in [-0.05, 0) is 67.1 Å². The molecule has 0 aromatic heterocycles. The van der Waals surface area contributed by atoms with Crippen molar-refractivity contribution >= 4 is 52.5 Å². The van der Waals surface area contributed by atoms with E-state index >= 15 is 0 Å². The normalized spacial score (nSPS) is 10.7. The molecule has 0 fully saturated rings. The third-order valence-corrected chi connectivity index (χ3v) is 5.19. The van der Waals surface area contributed by atoms with Crippen molar-refractivity contribution < 1.29 is 19.1 Å². The minimum absolute atomic E-state index is 0.109. The molecule has 0 aliphatic rings. The highest BCUT2D eigenvalue weighted by molar-refractivity contribution is 6.33. The van der Waals surface area contributed by atoms with E-state index in [0.29, 0.717) is 34.3 Å². The number of carbonyl (C=O) groups excluding carboxylic acids is 2. The number of halogens is 2. The molecule has 3 aromatic rings. The van der Waals surface area contributed by atoms with E-state index in [1.807, 2.05) is 13.0 Å². The van der Waals surface area contributed by atoms with Gasteiger partial charge >= 0.3 is 0 Å². The zero-order valence-corrected chi connectivity index (χ0v) is 20.2. The summed E-state index contributed by atoms with van der Waals surface area (Å²) in [5, 5.41) is 15.4. The highest BCUT2D eigenvalue weighted by Crippen LogP contribution is 2.27. The van der Waals surface area contributed by atoms with E-state index in [0.717, 1.165) is 0 Å². The SMILES string of the molecule is CCOc1ccc(NC(=O)/C(C#N)=C/c2ccc(OCC(=O)Nc3ccccc3Cl)c(Cl)c2)cc1. The van der Waals surface area contributed by atoms with E-state index < -0.39 is 11.8 Å². The van der Waals surface area contributed by atoms with E-state index in [1.54, 1.807) is 60.7 Å². The van der Waals surface area contributed by atoms with Gasteiger partial charge in [-0.3, -0.25) is 9.59 Å². The number of anilines is 2. The molecule has 0 heterocycles. The molecule has 3 rings (SSSR count). The van der Waals surface area contributed by atoms with Crippen molar-refractivity contribution in [3.63, 3.8) is 0 Å². The first-order chi connectivity index (χ1) is 16.9. The lowest BCUT2D eigenvalue weighted by Crippen LogP contribution is -2.20. The summed E-state index contributed by atoms with van der Waals surface area (Å²) in [5.74, 6) is -0.0180. The number of rotatable bonds is 9. The van der Waals surface area contributed by atoms with E-state index in [4.69, 9.17) is 32.7 Å². The Hall–Kier alpha value is -3.99. The first-order valence-corrected chi connectivity index (χ1v) is 11.3. The Morgan fingerprint density at radius 3 is 2.37 bits per heavy atom. The molecule has 7 nitrogen and oxygen atoms in total. The van der Waals surface area contributed by atoms with Gasteiger partial charge in [-0.25, -0.2) is 0 Å². The van der Waals surface area contributed by atoms with Gasteiger partial charge in [0.15, 0.2) is 6.61 Å². The summed E-state index contributed by atoms with van der Waals surface area (Å²) in [4.78, 5) is 24.7. The molecule has 0 unspecified atom stereocenters. The van der Waals surface area contributed by atoms with Gasteiger partial charge in [-0.15, -0.1) is 0 Å². The Labute approximate surface area is 212 Å². The van der Waals surface area contributed by atoms with Crippen LogP contribution in [0.15, 0.2) is 72.3 Å². The van der Waals surface area contributed by atoms with Crippen LogP contribution in [0, 0.1) is 11.3 Å². The summed E-state index contributed by atoms with van der Waals surface area (Å²) in [6.45, 7) is 2.13. The minimum Gasteiger partial charge on any atom is -0.494 e. The fourth-order valence-corrected chi connectivity index (χ4v) is 3.36. The van der Waals surface area contributed by atoms with E-state index in [-0.39, 0.29) is 23.0 Å². The lowest BCUT2D eigenvalue weighted by Gasteiger charge is -2.10. The van der Waals surface area contributed by atoms with Gasteiger partial charge in [0.25, 0.3) is 11.8 Å². The molecule has 0 aliphatic heterocycles. The quantitative estimate of drug-likeness (QED) is 0.274. The second kappa shape index (κ2) is 12.5. The van der Waals surface area contributed by atoms with Crippen molar-refractivity contribution in [2.24, 2.45) is 0 Å². The Kier molecular flexibility index (Phi) is 9.13. The predicted molar refractivity (Wildman–Crippen MR) is 137 cm³/mol. The second-order valence-electron chi connectivity index (χ2n) is 7.09. The smallest absolute Gasteiger partial charge is 0.266 e. The topological polar surface area (TPSA) is 100 Å². The lowest BCUT2D eigenvalue weighted by atomic mass is 10.1. The van der Waals surface area contributed by atoms with E-state index in [1.165, 1.54) is 12.1 Å². The van der Waals surface area contributed by atoms with Crippen LogP contribution < -0.4 is 20.1 Å². The number of amides is 2. The highest BCUT2D eigenvalue weighted by Gasteiger charge is 2.12. The van der Waals surface area contributed by atoms with Gasteiger partial charge in [-0.1, -0.05) is 41.4 Å². The number of ether oxygens (including phenoxy) is 2. The average molecular weight is 510 g/mol. The Balaban J connectivity index is 1.62. The molecule has 0 bridgehead atoms. The zero-order chi connectivity index (χ0) is 25.2. The molecule has 9 heteroatoms. The van der Waals surface area contributed by atoms with Crippen LogP contribution in [0.3, 0.4) is 0 Å². The summed E-state index contributed by atoms with van der Waals surface area (Å²) in [6.07, 6.45) is 1.41. The van der Waals surface area contributed by atoms with Crippen molar-refractivity contribution in [3.05, 3.63) is 87.9 Å². The third-order valence-electron chi connectivity index (χ3n) is 4.56. The van der Waals surface area contributed by atoms with Crippen molar-refractivity contribution in [3.8, 4) is 17.6 Å². The third kappa shape index (κ3) is 7.51. The van der Waals surface area contributed by atoms with Crippen molar-refractivity contribution in [2.75, 3.05) is 23.8 Å². The van der Waals surface area contributed by atoms with Gasteiger partial charge in [0.05, 0.1) is 22.3 Å². The maximum atomic E-state index is 12.5. The van der Waals surface area contributed by atoms with Crippen LogP contribution in [-0.4, -0.2) is 25.0 Å². The lowest BCUT2D eigenvalue weighted by molar-refractivity contribution is -0.118. The number of para-hydroxylation sites is 1. The van der Waals surface area contributed by atoms with Gasteiger partial charge in [0, 0.05) is 5.69 Å². The van der Waals surface area contributed by atoms with Gasteiger partial charge in [0.1, 0.15) is 23.1 Å². The summed E-state index contributed by atoms with van der Waals surface area (Å²) >= 11 is 12.3. The molecular weight excluding hydrogens is 489 g/mol. The molecule has 35 heavy (non-hydrogen) atoms. The molecule has 0 saturated heterocycles. The Bertz CT molecular complexity index is 1280. The molecule has 3 aromatic carbocycles. The number of nitriles is 1. The number of hydrogen-bond acceptors (Lipinski definition) is 5. The summed E-state index contributed by atoms with van der Waals surface area (Å²) in [5.41, 5.74) is 1.40. The maximum absolute atomic E-state index is 12.5. The first-order valence-electron chi connectivity index (χ1n) is 10.5. The average Bonchev–Trinajstić information content (AvgIpc) is 2.84. The number of nitrogens with zero attached hydrogens (tertiary/aromatic N) is 1. The largest absolute Gasteiger partial charge is 0.494 e. The molecular formula is C26H21Cl2N3O4. The van der Waals surface area contributed by atoms with Crippen LogP contribution in [0.5, 0.6) is 11.5 Å². The minimum atomic E-state index is -0.565. The number of hydrogen-bond donors (Lipinski definition) is 2. The predicted octanol–water partition coefficient (Wildman–Crippen LogP) is 5.96. The van der Waals surface area contributed by atoms with Crippen molar-refractivity contribution in [2.45, 2.75) is 6.92 Å². The Morgan fingerprint density at radius 1 is 0.971 bits per heavy atom. The fraction of sp³-hybridized carbons (Fsp3) is 0.115. The molecule has 2 amide bonds. The van der Waals surface area contributed by atoms with Gasteiger partial charge in [0.2, 0.25) is 0 Å². The van der Waals surface area contributed by atoms with Crippen LogP contribution in [0.1, 0.15) is 12.5 Å².